The zero-order valence-corrected chi connectivity index (χ0v) is 13.8. The fourth-order valence-corrected chi connectivity index (χ4v) is 2.40. The first-order valence-corrected chi connectivity index (χ1v) is 7.82. The van der Waals surface area contributed by atoms with Crippen molar-refractivity contribution in [2.75, 3.05) is 11.9 Å². The molecule has 116 valence electrons. The molecule has 6 heteroatoms. The number of pyridine rings is 1. The molecule has 0 aliphatic heterocycles. The first-order chi connectivity index (χ1) is 11.2. The van der Waals surface area contributed by atoms with Gasteiger partial charge >= 0.3 is 0 Å². The summed E-state index contributed by atoms with van der Waals surface area (Å²) in [5.74, 6) is 0.652. The summed E-state index contributed by atoms with van der Waals surface area (Å²) in [5, 5.41) is 6.62. The van der Waals surface area contributed by atoms with E-state index in [-0.39, 0.29) is 0 Å². The number of anilines is 1. The predicted molar refractivity (Wildman–Crippen MR) is 97.4 cm³/mol. The van der Waals surface area contributed by atoms with Crippen LogP contribution in [0.1, 0.15) is 12.5 Å². The smallest absolute Gasteiger partial charge is 0.180 e. The van der Waals surface area contributed by atoms with Gasteiger partial charge in [0.15, 0.2) is 10.8 Å². The van der Waals surface area contributed by atoms with Gasteiger partial charge in [0, 0.05) is 12.1 Å². The highest BCUT2D eigenvalue weighted by Crippen LogP contribution is 2.19. The molecule has 0 unspecified atom stereocenters. The minimum absolute atomic E-state index is 0.544. The molecule has 0 aliphatic carbocycles. The molecule has 0 radical (unpaired) electrons. The maximum atomic E-state index is 5.17. The zero-order valence-electron chi connectivity index (χ0n) is 13.0. The second-order valence-electron chi connectivity index (χ2n) is 5.14. The minimum atomic E-state index is 0.544. The van der Waals surface area contributed by atoms with Gasteiger partial charge in [0.25, 0.3) is 0 Å². The van der Waals surface area contributed by atoms with Crippen LogP contribution in [0.5, 0.6) is 0 Å². The van der Waals surface area contributed by atoms with Crippen molar-refractivity contribution in [1.29, 1.82) is 0 Å². The molecule has 0 amide bonds. The molecule has 0 saturated carbocycles. The average Bonchev–Trinajstić information content (AvgIpc) is 2.55. The van der Waals surface area contributed by atoms with Gasteiger partial charge in [-0.1, -0.05) is 29.8 Å². The van der Waals surface area contributed by atoms with Gasteiger partial charge in [-0.3, -0.25) is 4.98 Å². The molecule has 0 atom stereocenters. The Bertz CT molecular complexity index is 845. The molecule has 2 aromatic heterocycles. The van der Waals surface area contributed by atoms with Crippen LogP contribution in [0.15, 0.2) is 42.6 Å². The van der Waals surface area contributed by atoms with Gasteiger partial charge in [0.05, 0.1) is 11.9 Å². The molecule has 0 spiro atoms. The lowest BCUT2D eigenvalue weighted by molar-refractivity contribution is 0.978. The molecule has 0 fully saturated rings. The van der Waals surface area contributed by atoms with Crippen LogP contribution in [0, 0.1) is 6.92 Å². The second kappa shape index (κ2) is 6.66. The Morgan fingerprint density at radius 3 is 2.61 bits per heavy atom. The summed E-state index contributed by atoms with van der Waals surface area (Å²) in [6, 6.07) is 11.9. The Balaban J connectivity index is 1.94. The van der Waals surface area contributed by atoms with Crippen LogP contribution in [0.3, 0.4) is 0 Å². The van der Waals surface area contributed by atoms with E-state index >= 15 is 0 Å². The van der Waals surface area contributed by atoms with E-state index in [0.29, 0.717) is 16.6 Å². The van der Waals surface area contributed by atoms with E-state index in [0.717, 1.165) is 23.3 Å². The molecular formula is C17H17N5S. The fourth-order valence-electron chi connectivity index (χ4n) is 2.15. The summed E-state index contributed by atoms with van der Waals surface area (Å²) < 4.78 is 0. The molecule has 0 aliphatic rings. The Kier molecular flexibility index (Phi) is 4.43. The number of thiocarbonyl (C=S) groups is 1. The summed E-state index contributed by atoms with van der Waals surface area (Å²) in [5.41, 5.74) is 4.38. The zero-order chi connectivity index (χ0) is 16.2. The third-order valence-corrected chi connectivity index (χ3v) is 3.58. The number of rotatable bonds is 3. The third-order valence-electron chi connectivity index (χ3n) is 3.33. The number of hydrogen-bond acceptors (Lipinski definition) is 4. The van der Waals surface area contributed by atoms with E-state index in [2.05, 4.69) is 44.6 Å². The third kappa shape index (κ3) is 3.60. The number of nitrogens with one attached hydrogen (secondary N) is 2. The van der Waals surface area contributed by atoms with Crippen molar-refractivity contribution in [1.82, 2.24) is 20.3 Å². The molecule has 3 aromatic rings. The lowest BCUT2D eigenvalue weighted by Gasteiger charge is -2.08. The Morgan fingerprint density at radius 2 is 1.87 bits per heavy atom. The molecule has 1 aromatic carbocycles. The molecule has 2 N–H and O–H groups in total. The number of nitrogens with zero attached hydrogens (tertiary/aromatic N) is 3. The quantitative estimate of drug-likeness (QED) is 0.721. The monoisotopic (exact) mass is 323 g/mol. The van der Waals surface area contributed by atoms with E-state index in [1.807, 2.05) is 31.2 Å². The van der Waals surface area contributed by atoms with Crippen molar-refractivity contribution < 1.29 is 0 Å². The molecule has 0 bridgehead atoms. The topological polar surface area (TPSA) is 62.7 Å². The summed E-state index contributed by atoms with van der Waals surface area (Å²) >= 11 is 5.17. The number of aromatic nitrogens is 3. The number of benzene rings is 1. The number of aryl methyl sites for hydroxylation is 1. The second-order valence-corrected chi connectivity index (χ2v) is 5.55. The van der Waals surface area contributed by atoms with Gasteiger partial charge in [-0.05, 0) is 38.2 Å². The van der Waals surface area contributed by atoms with Crippen LogP contribution in [0.25, 0.3) is 22.4 Å². The maximum Gasteiger partial charge on any atom is 0.180 e. The van der Waals surface area contributed by atoms with Crippen molar-refractivity contribution in [2.24, 2.45) is 0 Å². The molecule has 5 nitrogen and oxygen atoms in total. The van der Waals surface area contributed by atoms with Crippen molar-refractivity contribution in [3.05, 3.63) is 48.2 Å². The highest BCUT2D eigenvalue weighted by atomic mass is 32.1. The van der Waals surface area contributed by atoms with Crippen LogP contribution >= 0.6 is 12.2 Å². The van der Waals surface area contributed by atoms with Gasteiger partial charge in [-0.2, -0.15) is 0 Å². The standard InChI is InChI=1S/C17H17N5S/c1-3-18-17(23)22-15-9-8-13-16(21-15)20-14(10-19-13)12-6-4-11(2)5-7-12/h4-10H,3H2,1-2H3,(H2,18,20,21,22,23). The Morgan fingerprint density at radius 1 is 1.09 bits per heavy atom. The van der Waals surface area contributed by atoms with Gasteiger partial charge in [0.2, 0.25) is 0 Å². The van der Waals surface area contributed by atoms with Crippen molar-refractivity contribution in [3.8, 4) is 11.3 Å². The summed E-state index contributed by atoms with van der Waals surface area (Å²) in [7, 11) is 0. The van der Waals surface area contributed by atoms with Crippen LogP contribution in [-0.2, 0) is 0 Å². The maximum absolute atomic E-state index is 5.17. The van der Waals surface area contributed by atoms with E-state index in [4.69, 9.17) is 12.2 Å². The summed E-state index contributed by atoms with van der Waals surface area (Å²) in [6.07, 6.45) is 1.77. The van der Waals surface area contributed by atoms with E-state index in [1.165, 1.54) is 5.56 Å². The van der Waals surface area contributed by atoms with E-state index < -0.39 is 0 Å². The van der Waals surface area contributed by atoms with Crippen LogP contribution in [0.4, 0.5) is 5.82 Å². The molecule has 0 saturated heterocycles. The van der Waals surface area contributed by atoms with E-state index in [1.54, 1.807) is 6.20 Å². The lowest BCUT2D eigenvalue weighted by atomic mass is 10.1. The van der Waals surface area contributed by atoms with Gasteiger partial charge in [-0.15, -0.1) is 0 Å². The number of hydrogen-bond donors (Lipinski definition) is 2. The molecule has 23 heavy (non-hydrogen) atoms. The fraction of sp³-hybridized carbons (Fsp3) is 0.176. The van der Waals surface area contributed by atoms with Crippen LogP contribution in [0.2, 0.25) is 0 Å². The summed E-state index contributed by atoms with van der Waals surface area (Å²) in [4.78, 5) is 13.5. The van der Waals surface area contributed by atoms with Gasteiger partial charge in [-0.25, -0.2) is 9.97 Å². The van der Waals surface area contributed by atoms with E-state index in [9.17, 15) is 0 Å². The Hall–Kier alpha value is -2.60. The van der Waals surface area contributed by atoms with Gasteiger partial charge < -0.3 is 10.6 Å². The number of fused-ring (bicyclic) bond motifs is 1. The summed E-state index contributed by atoms with van der Waals surface area (Å²) in [6.45, 7) is 4.81. The molecule has 3 rings (SSSR count). The normalized spacial score (nSPS) is 10.5. The minimum Gasteiger partial charge on any atom is -0.363 e. The van der Waals surface area contributed by atoms with Crippen LogP contribution < -0.4 is 10.6 Å². The highest BCUT2D eigenvalue weighted by molar-refractivity contribution is 7.80. The largest absolute Gasteiger partial charge is 0.363 e. The average molecular weight is 323 g/mol. The Labute approximate surface area is 140 Å². The van der Waals surface area contributed by atoms with Gasteiger partial charge in [0.1, 0.15) is 11.3 Å². The first kappa shape index (κ1) is 15.3. The highest BCUT2D eigenvalue weighted by Gasteiger charge is 2.06. The predicted octanol–water partition coefficient (Wildman–Crippen LogP) is 3.31. The first-order valence-electron chi connectivity index (χ1n) is 7.41. The van der Waals surface area contributed by atoms with Crippen molar-refractivity contribution in [3.63, 3.8) is 0 Å². The van der Waals surface area contributed by atoms with Crippen molar-refractivity contribution in [2.45, 2.75) is 13.8 Å². The molecule has 2 heterocycles. The molecular weight excluding hydrogens is 306 g/mol. The SMILES string of the molecule is CCNC(=S)Nc1ccc2ncc(-c3ccc(C)cc3)nc2n1. The lowest BCUT2D eigenvalue weighted by Crippen LogP contribution is -2.28. The van der Waals surface area contributed by atoms with Crippen LogP contribution in [-0.4, -0.2) is 26.6 Å². The van der Waals surface area contributed by atoms with Crippen molar-refractivity contribution >= 4 is 34.3 Å².